The zero-order valence-corrected chi connectivity index (χ0v) is 5.99. The Labute approximate surface area is 51.4 Å². The lowest BCUT2D eigenvalue weighted by Gasteiger charge is -2.20. The van der Waals surface area contributed by atoms with E-state index in [9.17, 15) is 0 Å². The highest BCUT2D eigenvalue weighted by Crippen LogP contribution is 2.16. The van der Waals surface area contributed by atoms with Crippen molar-refractivity contribution in [3.8, 4) is 0 Å². The standard InChI is InChI=1S/C6H16N2/c1-4-6(2,3)5-8-7/h8H,4-5,7H2,1-3H3. The van der Waals surface area contributed by atoms with Crippen LogP contribution < -0.4 is 11.3 Å². The smallest absolute Gasteiger partial charge is 0.0149 e. The van der Waals surface area contributed by atoms with E-state index in [0.717, 1.165) is 13.0 Å². The Morgan fingerprint density at radius 3 is 2.12 bits per heavy atom. The molecule has 3 N–H and O–H groups in total. The Morgan fingerprint density at radius 2 is 2.00 bits per heavy atom. The molecule has 0 saturated heterocycles. The fourth-order valence-electron chi connectivity index (χ4n) is 0.401. The van der Waals surface area contributed by atoms with Crippen LogP contribution in [0, 0.1) is 5.41 Å². The predicted octanol–water partition coefficient (Wildman–Crippen LogP) is 0.886. The summed E-state index contributed by atoms with van der Waals surface area (Å²) in [6, 6.07) is 0. The van der Waals surface area contributed by atoms with Gasteiger partial charge >= 0.3 is 0 Å². The van der Waals surface area contributed by atoms with Gasteiger partial charge in [-0.2, -0.15) is 0 Å². The van der Waals surface area contributed by atoms with Crippen molar-refractivity contribution in [2.45, 2.75) is 27.2 Å². The summed E-state index contributed by atoms with van der Waals surface area (Å²) in [4.78, 5) is 0. The molecular weight excluding hydrogens is 100 g/mol. The molecule has 0 aliphatic heterocycles. The molecule has 0 fully saturated rings. The molecule has 2 nitrogen and oxygen atoms in total. The molecule has 0 aromatic rings. The SMILES string of the molecule is CCC(C)(C)CNN. The summed E-state index contributed by atoms with van der Waals surface area (Å²) in [5.41, 5.74) is 3.01. The third-order valence-electron chi connectivity index (χ3n) is 1.54. The summed E-state index contributed by atoms with van der Waals surface area (Å²) in [6.45, 7) is 7.43. The van der Waals surface area contributed by atoms with E-state index in [2.05, 4.69) is 26.2 Å². The summed E-state index contributed by atoms with van der Waals surface area (Å²) in [5, 5.41) is 0. The average molecular weight is 116 g/mol. The molecule has 0 saturated carbocycles. The monoisotopic (exact) mass is 116 g/mol. The summed E-state index contributed by atoms with van der Waals surface area (Å²) in [6.07, 6.45) is 1.16. The van der Waals surface area contributed by atoms with Gasteiger partial charge < -0.3 is 0 Å². The van der Waals surface area contributed by atoms with Gasteiger partial charge in [-0.15, -0.1) is 0 Å². The van der Waals surface area contributed by atoms with E-state index < -0.39 is 0 Å². The molecule has 0 unspecified atom stereocenters. The van der Waals surface area contributed by atoms with Crippen LogP contribution in [0.4, 0.5) is 0 Å². The van der Waals surface area contributed by atoms with Crippen molar-refractivity contribution in [2.75, 3.05) is 6.54 Å². The minimum atomic E-state index is 0.356. The number of nitrogens with one attached hydrogen (secondary N) is 1. The van der Waals surface area contributed by atoms with E-state index >= 15 is 0 Å². The van der Waals surface area contributed by atoms with Gasteiger partial charge in [-0.25, -0.2) is 0 Å². The number of hydrazine groups is 1. The maximum Gasteiger partial charge on any atom is 0.0149 e. The van der Waals surface area contributed by atoms with Crippen molar-refractivity contribution in [3.63, 3.8) is 0 Å². The molecule has 0 radical (unpaired) electrons. The van der Waals surface area contributed by atoms with Gasteiger partial charge in [0.25, 0.3) is 0 Å². The minimum Gasteiger partial charge on any atom is -0.271 e. The van der Waals surface area contributed by atoms with Crippen LogP contribution in [0.5, 0.6) is 0 Å². The first-order valence-corrected chi connectivity index (χ1v) is 3.06. The second kappa shape index (κ2) is 3.05. The second-order valence-corrected chi connectivity index (χ2v) is 2.90. The van der Waals surface area contributed by atoms with Crippen molar-refractivity contribution in [1.82, 2.24) is 5.43 Å². The number of nitrogens with two attached hydrogens (primary N) is 1. The lowest BCUT2D eigenvalue weighted by Crippen LogP contribution is -2.33. The van der Waals surface area contributed by atoms with Gasteiger partial charge in [-0.3, -0.25) is 11.3 Å². The third-order valence-corrected chi connectivity index (χ3v) is 1.54. The molecule has 0 rings (SSSR count). The number of rotatable bonds is 3. The Kier molecular flexibility index (Phi) is 3.02. The van der Waals surface area contributed by atoms with Gasteiger partial charge in [-0.1, -0.05) is 20.8 Å². The van der Waals surface area contributed by atoms with Crippen molar-refractivity contribution in [1.29, 1.82) is 0 Å². The second-order valence-electron chi connectivity index (χ2n) is 2.90. The van der Waals surface area contributed by atoms with E-state index in [-0.39, 0.29) is 0 Å². The zero-order valence-electron chi connectivity index (χ0n) is 5.99. The Morgan fingerprint density at radius 1 is 1.50 bits per heavy atom. The topological polar surface area (TPSA) is 38.0 Å². The van der Waals surface area contributed by atoms with Gasteiger partial charge in [0.1, 0.15) is 0 Å². The molecule has 8 heavy (non-hydrogen) atoms. The van der Waals surface area contributed by atoms with Crippen molar-refractivity contribution < 1.29 is 0 Å². The van der Waals surface area contributed by atoms with Gasteiger partial charge in [0, 0.05) is 6.54 Å². The van der Waals surface area contributed by atoms with Gasteiger partial charge in [-0.05, 0) is 11.8 Å². The minimum absolute atomic E-state index is 0.356. The molecule has 0 atom stereocenters. The Balaban J connectivity index is 3.37. The van der Waals surface area contributed by atoms with E-state index in [1.165, 1.54) is 0 Å². The lowest BCUT2D eigenvalue weighted by atomic mass is 9.91. The molecule has 2 heteroatoms. The molecule has 0 aromatic heterocycles. The van der Waals surface area contributed by atoms with E-state index in [0.29, 0.717) is 5.41 Å². The first-order valence-electron chi connectivity index (χ1n) is 3.06. The molecule has 50 valence electrons. The van der Waals surface area contributed by atoms with Crippen LogP contribution in [0.2, 0.25) is 0 Å². The third kappa shape index (κ3) is 2.99. The van der Waals surface area contributed by atoms with Gasteiger partial charge in [0.15, 0.2) is 0 Å². The van der Waals surface area contributed by atoms with Crippen LogP contribution in [0.15, 0.2) is 0 Å². The molecular formula is C6H16N2. The van der Waals surface area contributed by atoms with Crippen molar-refractivity contribution >= 4 is 0 Å². The number of hydrogen-bond acceptors (Lipinski definition) is 2. The zero-order chi connectivity index (χ0) is 6.62. The summed E-state index contributed by atoms with van der Waals surface area (Å²) >= 11 is 0. The Hall–Kier alpha value is -0.0800. The molecule has 0 aliphatic rings. The first-order chi connectivity index (χ1) is 3.62. The fourth-order valence-corrected chi connectivity index (χ4v) is 0.401. The highest BCUT2D eigenvalue weighted by molar-refractivity contribution is 4.66. The predicted molar refractivity (Wildman–Crippen MR) is 36.3 cm³/mol. The highest BCUT2D eigenvalue weighted by Gasteiger charge is 2.12. The largest absolute Gasteiger partial charge is 0.271 e. The van der Waals surface area contributed by atoms with E-state index in [1.54, 1.807) is 0 Å². The normalized spacial score (nSPS) is 12.0. The maximum atomic E-state index is 5.14. The molecule has 0 spiro atoms. The molecule has 0 aromatic carbocycles. The molecule has 0 amide bonds. The Bertz CT molecular complexity index is 59.5. The van der Waals surface area contributed by atoms with Crippen LogP contribution in [-0.2, 0) is 0 Å². The summed E-state index contributed by atoms with van der Waals surface area (Å²) in [5.74, 6) is 5.14. The quantitative estimate of drug-likeness (QED) is 0.424. The van der Waals surface area contributed by atoms with Crippen LogP contribution in [0.3, 0.4) is 0 Å². The summed E-state index contributed by atoms with van der Waals surface area (Å²) < 4.78 is 0. The van der Waals surface area contributed by atoms with Crippen LogP contribution >= 0.6 is 0 Å². The number of hydrogen-bond donors (Lipinski definition) is 2. The van der Waals surface area contributed by atoms with Crippen LogP contribution in [-0.4, -0.2) is 6.54 Å². The van der Waals surface area contributed by atoms with E-state index in [1.807, 2.05) is 0 Å². The molecule has 0 bridgehead atoms. The fraction of sp³-hybridized carbons (Fsp3) is 1.00. The van der Waals surface area contributed by atoms with Crippen LogP contribution in [0.1, 0.15) is 27.2 Å². The maximum absolute atomic E-state index is 5.14. The summed E-state index contributed by atoms with van der Waals surface area (Å²) in [7, 11) is 0. The van der Waals surface area contributed by atoms with Gasteiger partial charge in [0.2, 0.25) is 0 Å². The average Bonchev–Trinajstić information content (AvgIpc) is 1.67. The molecule has 0 heterocycles. The molecule has 0 aliphatic carbocycles. The van der Waals surface area contributed by atoms with Crippen molar-refractivity contribution in [3.05, 3.63) is 0 Å². The van der Waals surface area contributed by atoms with Crippen LogP contribution in [0.25, 0.3) is 0 Å². The van der Waals surface area contributed by atoms with Gasteiger partial charge in [0.05, 0.1) is 0 Å². The van der Waals surface area contributed by atoms with E-state index in [4.69, 9.17) is 5.84 Å². The first kappa shape index (κ1) is 7.92. The lowest BCUT2D eigenvalue weighted by molar-refractivity contribution is 0.331. The highest BCUT2D eigenvalue weighted by atomic mass is 15.2. The van der Waals surface area contributed by atoms with Crippen molar-refractivity contribution in [2.24, 2.45) is 11.3 Å².